The van der Waals surface area contributed by atoms with E-state index in [-0.39, 0.29) is 0 Å². The third kappa shape index (κ3) is 2.61. The SMILES string of the molecule is CN(CCc1cnn(C)c1)c1cnc2ccccc2n1. The molecular weight excluding hydrogens is 250 g/mol. The van der Waals surface area contributed by atoms with Crippen LogP contribution in [0.3, 0.4) is 0 Å². The van der Waals surface area contributed by atoms with Gasteiger partial charge in [-0.05, 0) is 24.1 Å². The highest BCUT2D eigenvalue weighted by atomic mass is 15.2. The minimum atomic E-state index is 0.888. The molecule has 0 amide bonds. The van der Waals surface area contributed by atoms with E-state index in [1.807, 2.05) is 61.6 Å². The second-order valence-electron chi connectivity index (χ2n) is 4.91. The average molecular weight is 267 g/mol. The maximum Gasteiger partial charge on any atom is 0.147 e. The average Bonchev–Trinajstić information content (AvgIpc) is 2.90. The molecule has 20 heavy (non-hydrogen) atoms. The third-order valence-electron chi connectivity index (χ3n) is 3.32. The maximum absolute atomic E-state index is 4.64. The summed E-state index contributed by atoms with van der Waals surface area (Å²) in [7, 11) is 3.97. The third-order valence-corrected chi connectivity index (χ3v) is 3.32. The molecule has 0 aliphatic carbocycles. The topological polar surface area (TPSA) is 46.8 Å². The summed E-state index contributed by atoms with van der Waals surface area (Å²) in [6.45, 7) is 0.888. The van der Waals surface area contributed by atoms with Gasteiger partial charge in [0.1, 0.15) is 5.82 Å². The number of rotatable bonds is 4. The number of aryl methyl sites for hydroxylation is 1. The molecule has 2 aromatic heterocycles. The van der Waals surface area contributed by atoms with Crippen molar-refractivity contribution in [2.45, 2.75) is 6.42 Å². The van der Waals surface area contributed by atoms with Gasteiger partial charge in [0, 0.05) is 26.8 Å². The van der Waals surface area contributed by atoms with Gasteiger partial charge in [0.15, 0.2) is 0 Å². The molecule has 1 aromatic carbocycles. The second-order valence-corrected chi connectivity index (χ2v) is 4.91. The summed E-state index contributed by atoms with van der Waals surface area (Å²) < 4.78 is 1.82. The van der Waals surface area contributed by atoms with Crippen LogP contribution >= 0.6 is 0 Å². The van der Waals surface area contributed by atoms with Crippen molar-refractivity contribution in [3.63, 3.8) is 0 Å². The molecule has 0 aliphatic rings. The van der Waals surface area contributed by atoms with E-state index in [2.05, 4.69) is 20.0 Å². The lowest BCUT2D eigenvalue weighted by atomic mass is 10.2. The van der Waals surface area contributed by atoms with Crippen LogP contribution in [0.25, 0.3) is 11.0 Å². The normalized spacial score (nSPS) is 10.9. The molecular formula is C15H17N5. The molecule has 0 atom stereocenters. The van der Waals surface area contributed by atoms with Gasteiger partial charge < -0.3 is 4.90 Å². The van der Waals surface area contributed by atoms with E-state index < -0.39 is 0 Å². The Hall–Kier alpha value is -2.43. The molecule has 0 bridgehead atoms. The Morgan fingerprint density at radius 3 is 2.70 bits per heavy atom. The van der Waals surface area contributed by atoms with Gasteiger partial charge in [-0.2, -0.15) is 5.10 Å². The van der Waals surface area contributed by atoms with Gasteiger partial charge >= 0.3 is 0 Å². The van der Waals surface area contributed by atoms with Crippen LogP contribution < -0.4 is 4.90 Å². The van der Waals surface area contributed by atoms with E-state index in [0.29, 0.717) is 0 Å². The predicted molar refractivity (Wildman–Crippen MR) is 79.7 cm³/mol. The molecule has 0 aliphatic heterocycles. The monoisotopic (exact) mass is 267 g/mol. The number of hydrogen-bond donors (Lipinski definition) is 0. The summed E-state index contributed by atoms with van der Waals surface area (Å²) in [6, 6.07) is 7.92. The van der Waals surface area contributed by atoms with Crippen LogP contribution in [0.1, 0.15) is 5.56 Å². The zero-order valence-electron chi connectivity index (χ0n) is 11.7. The molecule has 0 unspecified atom stereocenters. The van der Waals surface area contributed by atoms with E-state index in [4.69, 9.17) is 0 Å². The molecule has 5 heteroatoms. The van der Waals surface area contributed by atoms with E-state index in [1.54, 1.807) is 0 Å². The van der Waals surface area contributed by atoms with Gasteiger partial charge in [0.25, 0.3) is 0 Å². The Labute approximate surface area is 117 Å². The first kappa shape index (κ1) is 12.6. The second kappa shape index (κ2) is 5.28. The van der Waals surface area contributed by atoms with Crippen LogP contribution in [0.5, 0.6) is 0 Å². The quantitative estimate of drug-likeness (QED) is 0.726. The zero-order chi connectivity index (χ0) is 13.9. The van der Waals surface area contributed by atoms with E-state index >= 15 is 0 Å². The van der Waals surface area contributed by atoms with E-state index in [1.165, 1.54) is 5.56 Å². The van der Waals surface area contributed by atoms with Crippen molar-refractivity contribution in [3.05, 3.63) is 48.4 Å². The molecule has 5 nitrogen and oxygen atoms in total. The van der Waals surface area contributed by atoms with Crippen molar-refractivity contribution >= 4 is 16.9 Å². The molecule has 2 heterocycles. The van der Waals surface area contributed by atoms with Crippen molar-refractivity contribution < 1.29 is 0 Å². The number of benzene rings is 1. The Bertz CT molecular complexity index is 719. The fourth-order valence-electron chi connectivity index (χ4n) is 2.14. The van der Waals surface area contributed by atoms with Crippen LogP contribution in [0, 0.1) is 0 Å². The molecule has 0 N–H and O–H groups in total. The minimum Gasteiger partial charge on any atom is -0.358 e. The van der Waals surface area contributed by atoms with Gasteiger partial charge in [-0.3, -0.25) is 9.67 Å². The van der Waals surface area contributed by atoms with Crippen molar-refractivity contribution in [2.75, 3.05) is 18.5 Å². The van der Waals surface area contributed by atoms with Crippen LogP contribution in [0.2, 0.25) is 0 Å². The number of aromatic nitrogens is 4. The molecule has 102 valence electrons. The van der Waals surface area contributed by atoms with Crippen LogP contribution in [-0.4, -0.2) is 33.3 Å². The maximum atomic E-state index is 4.64. The van der Waals surface area contributed by atoms with Gasteiger partial charge in [-0.15, -0.1) is 0 Å². The lowest BCUT2D eigenvalue weighted by Gasteiger charge is -2.17. The Kier molecular flexibility index (Phi) is 3.33. The van der Waals surface area contributed by atoms with Crippen molar-refractivity contribution in [2.24, 2.45) is 7.05 Å². The number of likely N-dealkylation sites (N-methyl/N-ethyl adjacent to an activating group) is 1. The summed E-state index contributed by atoms with van der Waals surface area (Å²) in [4.78, 5) is 11.2. The summed E-state index contributed by atoms with van der Waals surface area (Å²) in [5.74, 6) is 0.896. The van der Waals surface area contributed by atoms with Crippen LogP contribution in [0.15, 0.2) is 42.9 Å². The molecule has 3 rings (SSSR count). The molecule has 0 saturated heterocycles. The molecule has 0 saturated carbocycles. The zero-order valence-corrected chi connectivity index (χ0v) is 11.7. The highest BCUT2D eigenvalue weighted by molar-refractivity contribution is 5.75. The van der Waals surface area contributed by atoms with Gasteiger partial charge in [-0.1, -0.05) is 12.1 Å². The Morgan fingerprint density at radius 1 is 1.15 bits per heavy atom. The highest BCUT2D eigenvalue weighted by Gasteiger charge is 2.05. The summed E-state index contributed by atoms with van der Waals surface area (Å²) in [5, 5.41) is 4.18. The lowest BCUT2D eigenvalue weighted by Crippen LogP contribution is -2.21. The van der Waals surface area contributed by atoms with Gasteiger partial charge in [0.05, 0.1) is 23.4 Å². The lowest BCUT2D eigenvalue weighted by molar-refractivity contribution is 0.766. The number of para-hydroxylation sites is 2. The fraction of sp³-hybridized carbons (Fsp3) is 0.267. The van der Waals surface area contributed by atoms with E-state index in [0.717, 1.165) is 29.8 Å². The Balaban J connectivity index is 1.73. The predicted octanol–water partition coefficient (Wildman–Crippen LogP) is 2.04. The van der Waals surface area contributed by atoms with Gasteiger partial charge in [0.2, 0.25) is 0 Å². The first-order valence-electron chi connectivity index (χ1n) is 6.63. The molecule has 0 fully saturated rings. The highest BCUT2D eigenvalue weighted by Crippen LogP contribution is 2.14. The first-order valence-corrected chi connectivity index (χ1v) is 6.63. The number of hydrogen-bond acceptors (Lipinski definition) is 4. The Morgan fingerprint density at radius 2 is 1.95 bits per heavy atom. The van der Waals surface area contributed by atoms with Crippen molar-refractivity contribution in [1.29, 1.82) is 0 Å². The summed E-state index contributed by atoms with van der Waals surface area (Å²) >= 11 is 0. The molecule has 3 aromatic rings. The van der Waals surface area contributed by atoms with E-state index in [9.17, 15) is 0 Å². The number of fused-ring (bicyclic) bond motifs is 1. The van der Waals surface area contributed by atoms with Gasteiger partial charge in [-0.25, -0.2) is 4.98 Å². The van der Waals surface area contributed by atoms with Crippen molar-refractivity contribution in [1.82, 2.24) is 19.7 Å². The van der Waals surface area contributed by atoms with Crippen LogP contribution in [-0.2, 0) is 13.5 Å². The summed E-state index contributed by atoms with van der Waals surface area (Å²) in [6.07, 6.45) is 6.71. The smallest absolute Gasteiger partial charge is 0.147 e. The standard InChI is InChI=1S/C15H17N5/c1-19(8-7-12-9-17-20(2)11-12)15-10-16-13-5-3-4-6-14(13)18-15/h3-6,9-11H,7-8H2,1-2H3. The first-order chi connectivity index (χ1) is 9.72. The fourth-order valence-corrected chi connectivity index (χ4v) is 2.14. The largest absolute Gasteiger partial charge is 0.358 e. The number of nitrogens with zero attached hydrogens (tertiary/aromatic N) is 5. The molecule has 0 spiro atoms. The van der Waals surface area contributed by atoms with Crippen LogP contribution in [0.4, 0.5) is 5.82 Å². The minimum absolute atomic E-state index is 0.888. The number of anilines is 1. The molecule has 0 radical (unpaired) electrons. The van der Waals surface area contributed by atoms with Crippen molar-refractivity contribution in [3.8, 4) is 0 Å². The summed E-state index contributed by atoms with van der Waals surface area (Å²) in [5.41, 5.74) is 3.09.